The molecule has 0 saturated carbocycles. The molecule has 4 heavy (non-hydrogen) atoms. The summed E-state index contributed by atoms with van der Waals surface area (Å²) in [5.41, 5.74) is 0. The second-order valence-corrected chi connectivity index (χ2v) is 0. The Morgan fingerprint density at radius 3 is 1.00 bits per heavy atom. The Balaban J connectivity index is 0. The van der Waals surface area contributed by atoms with Crippen molar-refractivity contribution in [3.63, 3.8) is 0 Å². The van der Waals surface area contributed by atoms with E-state index in [0.29, 0.717) is 0 Å². The summed E-state index contributed by atoms with van der Waals surface area (Å²) in [6.07, 6.45) is 0. The van der Waals surface area contributed by atoms with Crippen LogP contribution in [0, 0.1) is 0 Å². The molecule has 0 aliphatic carbocycles. The molecule has 4 heteroatoms. The van der Waals surface area contributed by atoms with E-state index in [2.05, 4.69) is 0 Å². The van der Waals surface area contributed by atoms with Crippen LogP contribution in [0.25, 0.3) is 0 Å². The molecule has 0 aromatic carbocycles. The molecule has 0 saturated heterocycles. The summed E-state index contributed by atoms with van der Waals surface area (Å²) in [6.45, 7) is 0. The Bertz CT molecular complexity index is 8.00. The number of rotatable bonds is 0. The predicted molar refractivity (Wildman–Crippen MR) is 13.4 cm³/mol. The van der Waals surface area contributed by atoms with E-state index < -0.39 is 0 Å². The maximum atomic E-state index is 0. The molecule has 1 nitrogen and oxygen atoms in total. The number of hydrogen-bond acceptors (Lipinski definition) is 1. The first kappa shape index (κ1) is 28.1. The van der Waals surface area contributed by atoms with E-state index in [1.54, 1.807) is 0 Å². The van der Waals surface area contributed by atoms with Crippen LogP contribution in [0.15, 0.2) is 0 Å². The Hall–Kier alpha value is 2.99. The molecule has 1 N–H and O–H groups in total. The van der Waals surface area contributed by atoms with Gasteiger partial charge in [0.2, 0.25) is 0 Å². The van der Waals surface area contributed by atoms with Crippen molar-refractivity contribution in [1.82, 2.24) is 0 Å². The minimum absolute atomic E-state index is 0. The van der Waals surface area contributed by atoms with Crippen molar-refractivity contribution in [3.05, 3.63) is 0 Å². The van der Waals surface area contributed by atoms with E-state index in [-0.39, 0.29) is 101 Å². The molecule has 16 valence electrons. The quantitative estimate of drug-likeness (QED) is 0.350. The summed E-state index contributed by atoms with van der Waals surface area (Å²) in [5.74, 6) is 0. The van der Waals surface area contributed by atoms with Crippen molar-refractivity contribution >= 4 is 83.2 Å². The molecule has 0 spiro atoms. The first-order valence-electron chi connectivity index (χ1n) is 0. The van der Waals surface area contributed by atoms with E-state index in [1.165, 1.54) is 0 Å². The Morgan fingerprint density at radius 2 is 1.00 bits per heavy atom. The van der Waals surface area contributed by atoms with Crippen LogP contribution in [0.1, 0.15) is 0 Å². The van der Waals surface area contributed by atoms with E-state index in [9.17, 15) is 0 Å². The van der Waals surface area contributed by atoms with Crippen molar-refractivity contribution in [1.29, 1.82) is 0 Å². The smallest absolute Gasteiger partial charge is 1.00 e. The fourth-order valence-electron chi connectivity index (χ4n) is 0. The van der Waals surface area contributed by atoms with Crippen LogP contribution in [0.4, 0.5) is 0 Å². The van der Waals surface area contributed by atoms with Gasteiger partial charge in [-0.2, -0.15) is 0 Å². The molecule has 0 unspecified atom stereocenters. The Kier molecular flexibility index (Phi) is 117. The first-order chi connectivity index (χ1) is 0. The van der Waals surface area contributed by atoms with Crippen LogP contribution >= 0.6 is 0 Å². The van der Waals surface area contributed by atoms with Crippen molar-refractivity contribution in [3.8, 4) is 0 Å². The molecule has 0 amide bonds. The largest absolute Gasteiger partial charge is 2.00 e. The van der Waals surface area contributed by atoms with Crippen LogP contribution in [-0.2, 0) is 0 Å². The average Bonchev–Trinajstić information content (AvgIpc) is 0. The molecule has 0 radical (unpaired) electrons. The van der Waals surface area contributed by atoms with Gasteiger partial charge in [-0.1, -0.05) is 0 Å². The molecule has 0 aromatic heterocycles. The van der Waals surface area contributed by atoms with Gasteiger partial charge in [0.15, 0.2) is 0 Å². The third-order valence-electron chi connectivity index (χ3n) is 0. The molecule has 0 atom stereocenters. The summed E-state index contributed by atoms with van der Waals surface area (Å²) in [6, 6.07) is 0. The van der Waals surface area contributed by atoms with Gasteiger partial charge < -0.3 is 17.9 Å². The van der Waals surface area contributed by atoms with Crippen molar-refractivity contribution in [2.45, 2.75) is 0 Å². The van der Waals surface area contributed by atoms with Crippen LogP contribution in [0.5, 0.6) is 0 Å². The van der Waals surface area contributed by atoms with Crippen molar-refractivity contribution in [2.75, 3.05) is 0 Å². The molecular formula is HCaClOSr+2. The molecule has 0 aliphatic rings. The maximum absolute atomic E-state index is 0. The van der Waals surface area contributed by atoms with Crippen molar-refractivity contribution < 1.29 is 17.9 Å². The molecule has 0 fully saturated rings. The summed E-state index contributed by atoms with van der Waals surface area (Å²) in [5, 5.41) is 0. The molecule has 0 heterocycles. The van der Waals surface area contributed by atoms with Gasteiger partial charge in [0.05, 0.1) is 0 Å². The van der Waals surface area contributed by atoms with E-state index in [0.717, 1.165) is 0 Å². The van der Waals surface area contributed by atoms with Gasteiger partial charge in [-0.3, -0.25) is 0 Å². The minimum atomic E-state index is 0. The number of halogens is 1. The van der Waals surface area contributed by atoms with Gasteiger partial charge in [-0.15, -0.1) is 0 Å². The first-order valence-corrected chi connectivity index (χ1v) is 0. The number of hydrogen-bond donors (Lipinski definition) is 0. The fraction of sp³-hybridized carbons (Fsp3) is 0. The fourth-order valence-corrected chi connectivity index (χ4v) is 0. The van der Waals surface area contributed by atoms with Gasteiger partial charge in [0.25, 0.3) is 0 Å². The van der Waals surface area contributed by atoms with Crippen LogP contribution in [0.2, 0.25) is 0 Å². The van der Waals surface area contributed by atoms with Gasteiger partial charge in [-0.05, 0) is 0 Å². The second kappa shape index (κ2) is 16.7. The van der Waals surface area contributed by atoms with Crippen molar-refractivity contribution in [2.24, 2.45) is 0 Å². The van der Waals surface area contributed by atoms with Crippen LogP contribution in [-0.4, -0.2) is 88.7 Å². The molecule has 0 bridgehead atoms. The molecule has 0 aromatic rings. The molecule has 0 aliphatic heterocycles. The second-order valence-electron chi connectivity index (χ2n) is 0. The zero-order chi connectivity index (χ0) is 0. The third-order valence-corrected chi connectivity index (χ3v) is 0. The monoisotopic (exact) mass is 180 g/mol. The van der Waals surface area contributed by atoms with Gasteiger partial charge in [0, 0.05) is 0 Å². The minimum Gasteiger partial charge on any atom is -1.00 e. The third kappa shape index (κ3) is 8.89. The molecule has 0 rings (SSSR count). The summed E-state index contributed by atoms with van der Waals surface area (Å²) in [7, 11) is 0. The zero-order valence-corrected chi connectivity index (χ0v) is 8.68. The van der Waals surface area contributed by atoms with Crippen LogP contribution in [0.3, 0.4) is 0 Å². The molecular weight excluding hydrogens is 179 g/mol. The van der Waals surface area contributed by atoms with E-state index in [4.69, 9.17) is 0 Å². The zero-order valence-electron chi connectivity index (χ0n) is 2.24. The topological polar surface area (TPSA) is 30.0 Å². The van der Waals surface area contributed by atoms with Gasteiger partial charge >= 0.3 is 83.2 Å². The standard InChI is InChI=1S/Ca.ClH.H2O.Sr/h;1H;1H2;/q+2;;;+2/p-2. The summed E-state index contributed by atoms with van der Waals surface area (Å²) < 4.78 is 0. The maximum Gasteiger partial charge on any atom is 2.00 e. The normalized spacial score (nSPS) is 0. The van der Waals surface area contributed by atoms with Gasteiger partial charge in [0.1, 0.15) is 0 Å². The Labute approximate surface area is 98.5 Å². The SMILES string of the molecule is [Ca+2].[Cl-].[OH-].[Sr+2]. The predicted octanol–water partition coefficient (Wildman–Crippen LogP) is -3.93. The van der Waals surface area contributed by atoms with E-state index in [1.807, 2.05) is 0 Å². The van der Waals surface area contributed by atoms with Crippen LogP contribution < -0.4 is 12.4 Å². The van der Waals surface area contributed by atoms with E-state index >= 15 is 0 Å². The average molecular weight is 180 g/mol. The van der Waals surface area contributed by atoms with Gasteiger partial charge in [-0.25, -0.2) is 0 Å². The Morgan fingerprint density at radius 1 is 1.00 bits per heavy atom. The summed E-state index contributed by atoms with van der Waals surface area (Å²) >= 11 is 0. The summed E-state index contributed by atoms with van der Waals surface area (Å²) in [4.78, 5) is 0.